The lowest BCUT2D eigenvalue weighted by atomic mass is 9.98. The first-order chi connectivity index (χ1) is 18.7. The van der Waals surface area contributed by atoms with Gasteiger partial charge in [-0.3, -0.25) is 0 Å². The van der Waals surface area contributed by atoms with Gasteiger partial charge in [-0.15, -0.1) is 0 Å². The summed E-state index contributed by atoms with van der Waals surface area (Å²) in [4.78, 5) is 9.30. The molecule has 204 valence electrons. The van der Waals surface area contributed by atoms with Crippen LogP contribution in [0.2, 0.25) is 0 Å². The Morgan fingerprint density at radius 3 is 2.11 bits per heavy atom. The molecule has 1 aliphatic rings. The molecule has 0 spiro atoms. The molecule has 0 saturated heterocycles. The summed E-state index contributed by atoms with van der Waals surface area (Å²) in [6.45, 7) is 4.41. The van der Waals surface area contributed by atoms with Crippen LogP contribution in [0.1, 0.15) is 109 Å². The van der Waals surface area contributed by atoms with E-state index in [-0.39, 0.29) is 6.10 Å². The Morgan fingerprint density at radius 2 is 1.39 bits per heavy atom. The van der Waals surface area contributed by atoms with Crippen molar-refractivity contribution < 1.29 is 4.74 Å². The smallest absolute Gasteiger partial charge is 0.159 e. The summed E-state index contributed by atoms with van der Waals surface area (Å²) in [6, 6.07) is 17.1. The molecule has 4 rings (SSSR count). The normalized spacial score (nSPS) is 14.6. The summed E-state index contributed by atoms with van der Waals surface area (Å²) in [7, 11) is 0. The third-order valence-electron chi connectivity index (χ3n) is 8.16. The van der Waals surface area contributed by atoms with Crippen LogP contribution in [0.4, 0.5) is 0 Å². The van der Waals surface area contributed by atoms with Gasteiger partial charge in [-0.05, 0) is 73.9 Å². The Kier molecular flexibility index (Phi) is 11.7. The molecule has 1 heterocycles. The molecule has 0 bridgehead atoms. The molecule has 0 radical (unpaired) electrons. The largest absolute Gasteiger partial charge is 0.491 e. The third kappa shape index (κ3) is 9.26. The highest BCUT2D eigenvalue weighted by atomic mass is 16.5. The van der Waals surface area contributed by atoms with Crippen molar-refractivity contribution in [1.29, 1.82) is 0 Å². The van der Waals surface area contributed by atoms with Gasteiger partial charge < -0.3 is 4.74 Å². The summed E-state index contributed by atoms with van der Waals surface area (Å²) >= 11 is 0. The summed E-state index contributed by atoms with van der Waals surface area (Å²) in [5, 5.41) is 0. The van der Waals surface area contributed by atoms with Gasteiger partial charge >= 0.3 is 0 Å². The molecule has 0 N–H and O–H groups in total. The van der Waals surface area contributed by atoms with Crippen LogP contribution in [0.3, 0.4) is 0 Å². The first-order valence-corrected chi connectivity index (χ1v) is 15.4. The molecule has 3 heteroatoms. The van der Waals surface area contributed by atoms with E-state index in [2.05, 4.69) is 60.2 Å². The number of hydrogen-bond donors (Lipinski definition) is 0. The summed E-state index contributed by atoms with van der Waals surface area (Å²) in [5.74, 6) is 2.70. The number of ether oxygens (including phenoxy) is 1. The average Bonchev–Trinajstić information content (AvgIpc) is 3.48. The zero-order valence-corrected chi connectivity index (χ0v) is 23.8. The molecular weight excluding hydrogens is 464 g/mol. The monoisotopic (exact) mass is 512 g/mol. The van der Waals surface area contributed by atoms with Crippen LogP contribution in [0, 0.1) is 5.92 Å². The molecule has 3 aromatic rings. The van der Waals surface area contributed by atoms with E-state index >= 15 is 0 Å². The molecule has 2 aromatic carbocycles. The van der Waals surface area contributed by atoms with Crippen LogP contribution in [0.5, 0.6) is 5.75 Å². The summed E-state index contributed by atoms with van der Waals surface area (Å²) in [6.07, 6.45) is 24.4. The maximum atomic E-state index is 6.09. The quantitative estimate of drug-likeness (QED) is 0.179. The topological polar surface area (TPSA) is 35.0 Å². The van der Waals surface area contributed by atoms with Gasteiger partial charge in [0, 0.05) is 23.5 Å². The van der Waals surface area contributed by atoms with Crippen LogP contribution in [0.15, 0.2) is 60.9 Å². The van der Waals surface area contributed by atoms with Gasteiger partial charge in [-0.1, -0.05) is 102 Å². The van der Waals surface area contributed by atoms with Gasteiger partial charge in [-0.25, -0.2) is 9.97 Å². The molecule has 1 fully saturated rings. The first-order valence-electron chi connectivity index (χ1n) is 15.4. The lowest BCUT2D eigenvalue weighted by Crippen LogP contribution is -2.11. The van der Waals surface area contributed by atoms with Gasteiger partial charge in [0.1, 0.15) is 5.75 Å². The maximum Gasteiger partial charge on any atom is 0.159 e. The predicted octanol–water partition coefficient (Wildman–Crippen LogP) is 10.2. The highest BCUT2D eigenvalue weighted by molar-refractivity contribution is 5.64. The number of nitrogens with zero attached hydrogens (tertiary/aromatic N) is 2. The van der Waals surface area contributed by atoms with Gasteiger partial charge in [-0.2, -0.15) is 0 Å². The maximum absolute atomic E-state index is 6.09. The Balaban J connectivity index is 1.19. The zero-order valence-electron chi connectivity index (χ0n) is 23.8. The highest BCUT2D eigenvalue weighted by Crippen LogP contribution is 2.29. The lowest BCUT2D eigenvalue weighted by molar-refractivity contribution is 0.206. The van der Waals surface area contributed by atoms with Crippen molar-refractivity contribution in [3.05, 3.63) is 66.5 Å². The van der Waals surface area contributed by atoms with E-state index in [9.17, 15) is 0 Å². The van der Waals surface area contributed by atoms with Crippen molar-refractivity contribution in [1.82, 2.24) is 9.97 Å². The van der Waals surface area contributed by atoms with E-state index in [4.69, 9.17) is 4.74 Å². The van der Waals surface area contributed by atoms with E-state index < -0.39 is 0 Å². The van der Waals surface area contributed by atoms with E-state index in [1.165, 1.54) is 101 Å². The Labute approximate surface area is 231 Å². The lowest BCUT2D eigenvalue weighted by Gasteiger charge is -2.14. The fourth-order valence-electron chi connectivity index (χ4n) is 5.74. The van der Waals surface area contributed by atoms with Gasteiger partial charge in [0.15, 0.2) is 5.82 Å². The fourth-order valence-corrected chi connectivity index (χ4v) is 5.74. The van der Waals surface area contributed by atoms with E-state index in [0.29, 0.717) is 0 Å². The third-order valence-corrected chi connectivity index (χ3v) is 8.16. The molecule has 38 heavy (non-hydrogen) atoms. The highest BCUT2D eigenvalue weighted by Gasteiger charge is 2.13. The van der Waals surface area contributed by atoms with Gasteiger partial charge in [0.25, 0.3) is 0 Å². The standard InChI is InChI=1S/C35H48N2O/c1-3-4-5-8-13-28(2)38-34-24-22-32(23-25-34)35-36-26-33(27-37-35)31-20-18-30(19-21-31)15-10-7-6-9-14-29-16-11-12-17-29/h18-29H,3-17H2,1-2H3/t28-/m0/s1. The number of unbranched alkanes of at least 4 members (excludes halogenated alkanes) is 6. The number of benzene rings is 2. The SMILES string of the molecule is CCCCCC[C@H](C)Oc1ccc(-c2ncc(-c3ccc(CCCCCCC4CCCC4)cc3)cn2)cc1. The minimum absolute atomic E-state index is 0.242. The van der Waals surface area contributed by atoms with Crippen LogP contribution >= 0.6 is 0 Å². The minimum Gasteiger partial charge on any atom is -0.491 e. The number of rotatable bonds is 16. The van der Waals surface area contributed by atoms with E-state index in [0.717, 1.165) is 35.0 Å². The molecule has 0 amide bonds. The second kappa shape index (κ2) is 15.7. The number of hydrogen-bond acceptors (Lipinski definition) is 3. The molecule has 1 atom stereocenters. The molecule has 0 unspecified atom stereocenters. The van der Waals surface area contributed by atoms with Crippen molar-refractivity contribution in [3.63, 3.8) is 0 Å². The van der Waals surface area contributed by atoms with Crippen LogP contribution in [0.25, 0.3) is 22.5 Å². The summed E-state index contributed by atoms with van der Waals surface area (Å²) < 4.78 is 6.09. The molecular formula is C35H48N2O. The van der Waals surface area contributed by atoms with E-state index in [1.54, 1.807) is 0 Å². The minimum atomic E-state index is 0.242. The zero-order chi connectivity index (χ0) is 26.4. The molecule has 1 aliphatic carbocycles. The molecule has 0 aliphatic heterocycles. The summed E-state index contributed by atoms with van der Waals surface area (Å²) in [5.41, 5.74) is 4.68. The second-order valence-electron chi connectivity index (χ2n) is 11.4. The molecule has 1 saturated carbocycles. The molecule has 1 aromatic heterocycles. The van der Waals surface area contributed by atoms with Crippen molar-refractivity contribution in [2.45, 2.75) is 116 Å². The van der Waals surface area contributed by atoms with Gasteiger partial charge in [0.2, 0.25) is 0 Å². The van der Waals surface area contributed by atoms with Crippen molar-refractivity contribution in [3.8, 4) is 28.3 Å². The Hall–Kier alpha value is -2.68. The predicted molar refractivity (Wildman–Crippen MR) is 160 cm³/mol. The fraction of sp³-hybridized carbons (Fsp3) is 0.543. The van der Waals surface area contributed by atoms with Crippen LogP contribution in [-0.4, -0.2) is 16.1 Å². The second-order valence-corrected chi connectivity index (χ2v) is 11.4. The molecule has 3 nitrogen and oxygen atoms in total. The number of aromatic nitrogens is 2. The van der Waals surface area contributed by atoms with E-state index in [1.807, 2.05) is 24.5 Å². The average molecular weight is 513 g/mol. The first kappa shape index (κ1) is 28.3. The number of aryl methyl sites for hydroxylation is 1. The van der Waals surface area contributed by atoms with Crippen molar-refractivity contribution >= 4 is 0 Å². The van der Waals surface area contributed by atoms with Crippen LogP contribution < -0.4 is 4.74 Å². The van der Waals surface area contributed by atoms with Crippen LogP contribution in [-0.2, 0) is 6.42 Å². The Bertz CT molecular complexity index is 1040. The van der Waals surface area contributed by atoms with Gasteiger partial charge in [0.05, 0.1) is 6.10 Å². The van der Waals surface area contributed by atoms with Crippen molar-refractivity contribution in [2.75, 3.05) is 0 Å². The Morgan fingerprint density at radius 1 is 0.737 bits per heavy atom. The van der Waals surface area contributed by atoms with Crippen molar-refractivity contribution in [2.24, 2.45) is 5.92 Å².